The number of amides is 1. The Labute approximate surface area is 79.6 Å². The van der Waals surface area contributed by atoms with E-state index in [0.717, 1.165) is 0 Å². The minimum absolute atomic E-state index is 0.0346. The molecular formula is C9H19NO3. The number of methoxy groups -OCH3 is 1. The first-order valence-electron chi connectivity index (χ1n) is 4.53. The molecular weight excluding hydrogens is 170 g/mol. The summed E-state index contributed by atoms with van der Waals surface area (Å²) in [6, 6.07) is 0.200. The van der Waals surface area contributed by atoms with Crippen molar-refractivity contribution in [2.24, 2.45) is 0 Å². The third-order valence-corrected chi connectivity index (χ3v) is 1.35. The lowest BCUT2D eigenvalue weighted by Gasteiger charge is -2.08. The van der Waals surface area contributed by atoms with E-state index in [1.54, 1.807) is 7.11 Å². The first-order chi connectivity index (χ1) is 6.16. The quantitative estimate of drug-likeness (QED) is 0.595. The van der Waals surface area contributed by atoms with Crippen LogP contribution in [0, 0.1) is 0 Å². The molecule has 78 valence electrons. The van der Waals surface area contributed by atoms with E-state index < -0.39 is 0 Å². The Kier molecular flexibility index (Phi) is 7.63. The topological polar surface area (TPSA) is 47.6 Å². The number of hydrogen-bond acceptors (Lipinski definition) is 3. The Hall–Kier alpha value is -0.610. The van der Waals surface area contributed by atoms with Crippen LogP contribution in [0.5, 0.6) is 0 Å². The van der Waals surface area contributed by atoms with E-state index >= 15 is 0 Å². The summed E-state index contributed by atoms with van der Waals surface area (Å²) in [5, 5.41) is 2.78. The van der Waals surface area contributed by atoms with E-state index in [4.69, 9.17) is 9.47 Å². The molecule has 1 amide bonds. The Morgan fingerprint density at radius 2 is 2.00 bits per heavy atom. The van der Waals surface area contributed by atoms with Gasteiger partial charge in [0.2, 0.25) is 5.91 Å². The highest BCUT2D eigenvalue weighted by molar-refractivity contribution is 5.76. The molecule has 0 saturated heterocycles. The molecule has 0 aromatic heterocycles. The molecule has 0 spiro atoms. The summed E-state index contributed by atoms with van der Waals surface area (Å²) in [6.07, 6.45) is 0.419. The second-order valence-electron chi connectivity index (χ2n) is 3.08. The SMILES string of the molecule is COCCOCCC(=O)NC(C)C. The molecule has 0 saturated carbocycles. The summed E-state index contributed by atoms with van der Waals surface area (Å²) < 4.78 is 9.93. The zero-order valence-corrected chi connectivity index (χ0v) is 8.63. The van der Waals surface area contributed by atoms with Crippen LogP contribution in [-0.4, -0.2) is 38.9 Å². The van der Waals surface area contributed by atoms with E-state index in [1.165, 1.54) is 0 Å². The molecule has 0 aliphatic rings. The van der Waals surface area contributed by atoms with Gasteiger partial charge >= 0.3 is 0 Å². The minimum atomic E-state index is 0.0346. The summed E-state index contributed by atoms with van der Waals surface area (Å²) in [7, 11) is 1.62. The highest BCUT2D eigenvalue weighted by Gasteiger charge is 2.01. The molecule has 0 fully saturated rings. The van der Waals surface area contributed by atoms with Gasteiger partial charge in [-0.05, 0) is 13.8 Å². The highest BCUT2D eigenvalue weighted by atomic mass is 16.5. The Bertz CT molecular complexity index is 137. The van der Waals surface area contributed by atoms with Crippen molar-refractivity contribution >= 4 is 5.91 Å². The van der Waals surface area contributed by atoms with Crippen molar-refractivity contribution in [3.05, 3.63) is 0 Å². The van der Waals surface area contributed by atoms with Gasteiger partial charge in [-0.15, -0.1) is 0 Å². The lowest BCUT2D eigenvalue weighted by molar-refractivity contribution is -0.122. The van der Waals surface area contributed by atoms with Crippen LogP contribution in [0.3, 0.4) is 0 Å². The molecule has 0 unspecified atom stereocenters. The number of carbonyl (C=O) groups is 1. The highest BCUT2D eigenvalue weighted by Crippen LogP contribution is 1.85. The Morgan fingerprint density at radius 3 is 2.54 bits per heavy atom. The zero-order chi connectivity index (χ0) is 10.1. The number of carbonyl (C=O) groups excluding carboxylic acids is 1. The smallest absolute Gasteiger partial charge is 0.222 e. The summed E-state index contributed by atoms with van der Waals surface area (Å²) >= 11 is 0. The predicted molar refractivity (Wildman–Crippen MR) is 50.6 cm³/mol. The third kappa shape index (κ3) is 9.30. The monoisotopic (exact) mass is 189 g/mol. The van der Waals surface area contributed by atoms with Crippen LogP contribution in [-0.2, 0) is 14.3 Å². The Balaban J connectivity index is 3.17. The number of hydrogen-bond donors (Lipinski definition) is 1. The van der Waals surface area contributed by atoms with Crippen molar-refractivity contribution in [1.29, 1.82) is 0 Å². The lowest BCUT2D eigenvalue weighted by atomic mass is 10.3. The van der Waals surface area contributed by atoms with Crippen molar-refractivity contribution in [3.63, 3.8) is 0 Å². The van der Waals surface area contributed by atoms with E-state index in [2.05, 4.69) is 5.32 Å². The lowest BCUT2D eigenvalue weighted by Crippen LogP contribution is -2.30. The molecule has 1 N–H and O–H groups in total. The molecule has 0 rings (SSSR count). The molecule has 0 aromatic rings. The molecule has 13 heavy (non-hydrogen) atoms. The van der Waals surface area contributed by atoms with Crippen molar-refractivity contribution < 1.29 is 14.3 Å². The maximum atomic E-state index is 11.1. The van der Waals surface area contributed by atoms with Gasteiger partial charge in [0.05, 0.1) is 19.8 Å². The van der Waals surface area contributed by atoms with Crippen LogP contribution < -0.4 is 5.32 Å². The van der Waals surface area contributed by atoms with Gasteiger partial charge in [-0.1, -0.05) is 0 Å². The maximum absolute atomic E-state index is 11.1. The molecule has 0 bridgehead atoms. The van der Waals surface area contributed by atoms with Gasteiger partial charge in [0.1, 0.15) is 0 Å². The van der Waals surface area contributed by atoms with Crippen LogP contribution in [0.1, 0.15) is 20.3 Å². The fourth-order valence-electron chi connectivity index (χ4n) is 0.803. The van der Waals surface area contributed by atoms with E-state index in [1.807, 2.05) is 13.8 Å². The van der Waals surface area contributed by atoms with Gasteiger partial charge < -0.3 is 14.8 Å². The van der Waals surface area contributed by atoms with Gasteiger partial charge in [0.25, 0.3) is 0 Å². The summed E-state index contributed by atoms with van der Waals surface area (Å²) in [4.78, 5) is 11.1. The first-order valence-corrected chi connectivity index (χ1v) is 4.53. The van der Waals surface area contributed by atoms with E-state index in [9.17, 15) is 4.79 Å². The summed E-state index contributed by atoms with van der Waals surface area (Å²) in [6.45, 7) is 5.45. The molecule has 0 aliphatic carbocycles. The predicted octanol–water partition coefficient (Wildman–Crippen LogP) is 0.564. The van der Waals surface area contributed by atoms with Crippen LogP contribution in [0.25, 0.3) is 0 Å². The maximum Gasteiger partial charge on any atom is 0.222 e. The van der Waals surface area contributed by atoms with E-state index in [-0.39, 0.29) is 11.9 Å². The molecule has 0 aliphatic heterocycles. The number of ether oxygens (including phenoxy) is 2. The van der Waals surface area contributed by atoms with Crippen LogP contribution in [0.4, 0.5) is 0 Å². The van der Waals surface area contributed by atoms with Crippen LogP contribution in [0.15, 0.2) is 0 Å². The van der Waals surface area contributed by atoms with Crippen LogP contribution >= 0.6 is 0 Å². The molecule has 0 aromatic carbocycles. The molecule has 0 radical (unpaired) electrons. The molecule has 4 nitrogen and oxygen atoms in total. The summed E-state index contributed by atoms with van der Waals surface area (Å²) in [5.41, 5.74) is 0. The van der Waals surface area contributed by atoms with Crippen molar-refractivity contribution in [1.82, 2.24) is 5.32 Å². The molecule has 0 atom stereocenters. The largest absolute Gasteiger partial charge is 0.382 e. The van der Waals surface area contributed by atoms with Crippen molar-refractivity contribution in [2.75, 3.05) is 26.9 Å². The minimum Gasteiger partial charge on any atom is -0.382 e. The second-order valence-corrected chi connectivity index (χ2v) is 3.08. The third-order valence-electron chi connectivity index (χ3n) is 1.35. The van der Waals surface area contributed by atoms with Gasteiger partial charge in [-0.2, -0.15) is 0 Å². The molecule has 4 heteroatoms. The van der Waals surface area contributed by atoms with E-state index in [0.29, 0.717) is 26.2 Å². The standard InChI is InChI=1S/C9H19NO3/c1-8(2)10-9(11)4-5-13-7-6-12-3/h8H,4-7H2,1-3H3,(H,10,11). The number of rotatable bonds is 7. The average molecular weight is 189 g/mol. The van der Waals surface area contributed by atoms with Gasteiger partial charge in [0, 0.05) is 19.6 Å². The number of nitrogens with one attached hydrogen (secondary N) is 1. The van der Waals surface area contributed by atoms with Crippen molar-refractivity contribution in [3.8, 4) is 0 Å². The van der Waals surface area contributed by atoms with Gasteiger partial charge in [-0.3, -0.25) is 4.79 Å². The molecule has 0 heterocycles. The fraction of sp³-hybridized carbons (Fsp3) is 0.889. The first kappa shape index (κ1) is 12.4. The summed E-state index contributed by atoms with van der Waals surface area (Å²) in [5.74, 6) is 0.0346. The van der Waals surface area contributed by atoms with Crippen LogP contribution in [0.2, 0.25) is 0 Å². The fourth-order valence-corrected chi connectivity index (χ4v) is 0.803. The zero-order valence-electron chi connectivity index (χ0n) is 8.63. The van der Waals surface area contributed by atoms with Gasteiger partial charge in [-0.25, -0.2) is 0 Å². The van der Waals surface area contributed by atoms with Gasteiger partial charge in [0.15, 0.2) is 0 Å². The normalized spacial score (nSPS) is 10.5. The second kappa shape index (κ2) is 8.01. The van der Waals surface area contributed by atoms with Crippen molar-refractivity contribution in [2.45, 2.75) is 26.3 Å². The Morgan fingerprint density at radius 1 is 1.31 bits per heavy atom. The average Bonchev–Trinajstić information content (AvgIpc) is 2.02.